The van der Waals surface area contributed by atoms with Crippen molar-refractivity contribution in [1.29, 1.82) is 0 Å². The van der Waals surface area contributed by atoms with Crippen LogP contribution >= 0.6 is 11.3 Å². The molecule has 0 radical (unpaired) electrons. The first-order valence-electron chi connectivity index (χ1n) is 6.03. The van der Waals surface area contributed by atoms with Crippen LogP contribution in [-0.4, -0.2) is 35.1 Å². The standard InChI is InChI=1S/C12H21N3S/c1-9(2)14-11-4-5-15(7-11)8-12-13-6-10(3)16-12/h6,9,11,14H,4-5,7-8H2,1-3H3. The van der Waals surface area contributed by atoms with Gasteiger partial charge in [0.1, 0.15) is 5.01 Å². The van der Waals surface area contributed by atoms with Crippen molar-refractivity contribution in [3.8, 4) is 0 Å². The molecule has 4 heteroatoms. The van der Waals surface area contributed by atoms with E-state index in [0.29, 0.717) is 12.1 Å². The number of nitrogens with zero attached hydrogens (tertiary/aromatic N) is 2. The predicted molar refractivity (Wildman–Crippen MR) is 68.8 cm³/mol. The van der Waals surface area contributed by atoms with Crippen molar-refractivity contribution in [1.82, 2.24) is 15.2 Å². The molecule has 1 saturated heterocycles. The first-order chi connectivity index (χ1) is 7.63. The van der Waals surface area contributed by atoms with E-state index in [4.69, 9.17) is 0 Å². The van der Waals surface area contributed by atoms with Crippen LogP contribution in [0.3, 0.4) is 0 Å². The smallest absolute Gasteiger partial charge is 0.107 e. The minimum Gasteiger partial charge on any atom is -0.310 e. The van der Waals surface area contributed by atoms with Crippen molar-refractivity contribution in [3.63, 3.8) is 0 Å². The molecule has 3 nitrogen and oxygen atoms in total. The van der Waals surface area contributed by atoms with Crippen LogP contribution in [0.15, 0.2) is 6.20 Å². The molecule has 1 aliphatic rings. The van der Waals surface area contributed by atoms with Crippen LogP contribution in [0.25, 0.3) is 0 Å². The van der Waals surface area contributed by atoms with E-state index in [1.165, 1.54) is 22.9 Å². The normalized spacial score (nSPS) is 22.1. The predicted octanol–water partition coefficient (Wildman–Crippen LogP) is 2.02. The Balaban J connectivity index is 1.80. The topological polar surface area (TPSA) is 28.2 Å². The van der Waals surface area contributed by atoms with Gasteiger partial charge in [0.2, 0.25) is 0 Å². The van der Waals surface area contributed by atoms with Gasteiger partial charge in [0, 0.05) is 36.2 Å². The Morgan fingerprint density at radius 2 is 2.44 bits per heavy atom. The maximum Gasteiger partial charge on any atom is 0.107 e. The molecule has 1 aromatic rings. The lowest BCUT2D eigenvalue weighted by Crippen LogP contribution is -2.36. The maximum atomic E-state index is 4.42. The molecule has 1 atom stereocenters. The lowest BCUT2D eigenvalue weighted by Gasteiger charge is -2.17. The second kappa shape index (κ2) is 5.25. The molecular formula is C12H21N3S. The van der Waals surface area contributed by atoms with Crippen molar-refractivity contribution < 1.29 is 0 Å². The van der Waals surface area contributed by atoms with Gasteiger partial charge in [-0.05, 0) is 13.3 Å². The SMILES string of the molecule is Cc1cnc(CN2CCC(NC(C)C)C2)s1. The van der Waals surface area contributed by atoms with Crippen molar-refractivity contribution in [2.24, 2.45) is 0 Å². The summed E-state index contributed by atoms with van der Waals surface area (Å²) in [7, 11) is 0. The molecule has 16 heavy (non-hydrogen) atoms. The Labute approximate surface area is 102 Å². The highest BCUT2D eigenvalue weighted by Gasteiger charge is 2.23. The number of hydrogen-bond donors (Lipinski definition) is 1. The first kappa shape index (κ1) is 12.0. The number of likely N-dealkylation sites (tertiary alicyclic amines) is 1. The van der Waals surface area contributed by atoms with E-state index < -0.39 is 0 Å². The molecule has 0 aliphatic carbocycles. The molecule has 1 fully saturated rings. The summed E-state index contributed by atoms with van der Waals surface area (Å²) >= 11 is 1.82. The van der Waals surface area contributed by atoms with Crippen LogP contribution in [0.2, 0.25) is 0 Å². The third-order valence-corrected chi connectivity index (χ3v) is 3.77. The molecule has 90 valence electrons. The van der Waals surface area contributed by atoms with Crippen LogP contribution in [0.5, 0.6) is 0 Å². The molecule has 1 aliphatic heterocycles. The van der Waals surface area contributed by atoms with Crippen molar-refractivity contribution in [2.75, 3.05) is 13.1 Å². The van der Waals surface area contributed by atoms with Gasteiger partial charge in [0.25, 0.3) is 0 Å². The summed E-state index contributed by atoms with van der Waals surface area (Å²) in [6.45, 7) is 9.93. The first-order valence-corrected chi connectivity index (χ1v) is 6.85. The third-order valence-electron chi connectivity index (χ3n) is 2.87. The Morgan fingerprint density at radius 1 is 1.62 bits per heavy atom. The molecule has 0 spiro atoms. The van der Waals surface area contributed by atoms with E-state index >= 15 is 0 Å². The molecule has 0 aromatic carbocycles. The zero-order valence-electron chi connectivity index (χ0n) is 10.4. The van der Waals surface area contributed by atoms with Gasteiger partial charge in [-0.2, -0.15) is 0 Å². The maximum absolute atomic E-state index is 4.42. The van der Waals surface area contributed by atoms with Crippen LogP contribution in [-0.2, 0) is 6.54 Å². The fourth-order valence-corrected chi connectivity index (χ4v) is 3.08. The van der Waals surface area contributed by atoms with Crippen LogP contribution in [0.1, 0.15) is 30.2 Å². The second-order valence-corrected chi connectivity index (χ2v) is 6.23. The number of hydrogen-bond acceptors (Lipinski definition) is 4. The van der Waals surface area contributed by atoms with Gasteiger partial charge < -0.3 is 5.32 Å². The molecule has 0 bridgehead atoms. The van der Waals surface area contributed by atoms with Gasteiger partial charge in [-0.3, -0.25) is 4.90 Å². The van der Waals surface area contributed by atoms with E-state index in [0.717, 1.165) is 13.1 Å². The number of aromatic nitrogens is 1. The lowest BCUT2D eigenvalue weighted by molar-refractivity contribution is 0.316. The van der Waals surface area contributed by atoms with E-state index in [9.17, 15) is 0 Å². The van der Waals surface area contributed by atoms with Crippen molar-refractivity contribution in [3.05, 3.63) is 16.1 Å². The molecule has 1 N–H and O–H groups in total. The van der Waals surface area contributed by atoms with Gasteiger partial charge in [0.05, 0.1) is 6.54 Å². The van der Waals surface area contributed by atoms with Gasteiger partial charge in [-0.25, -0.2) is 4.98 Å². The Bertz CT molecular complexity index is 335. The number of nitrogens with one attached hydrogen (secondary N) is 1. The summed E-state index contributed by atoms with van der Waals surface area (Å²) in [5.41, 5.74) is 0. The number of thiazole rings is 1. The molecule has 2 heterocycles. The monoisotopic (exact) mass is 239 g/mol. The quantitative estimate of drug-likeness (QED) is 0.871. The minimum absolute atomic E-state index is 0.590. The average Bonchev–Trinajstić information content (AvgIpc) is 2.76. The van der Waals surface area contributed by atoms with Gasteiger partial charge in [-0.1, -0.05) is 13.8 Å². The number of aryl methyl sites for hydroxylation is 1. The van der Waals surface area contributed by atoms with E-state index in [1.807, 2.05) is 17.5 Å². The average molecular weight is 239 g/mol. The Hall–Kier alpha value is -0.450. The Kier molecular flexibility index (Phi) is 3.95. The van der Waals surface area contributed by atoms with Gasteiger partial charge in [-0.15, -0.1) is 11.3 Å². The van der Waals surface area contributed by atoms with Gasteiger partial charge in [0.15, 0.2) is 0 Å². The second-order valence-electron chi connectivity index (χ2n) is 4.91. The van der Waals surface area contributed by atoms with Crippen LogP contribution < -0.4 is 5.32 Å². The lowest BCUT2D eigenvalue weighted by atomic mass is 10.2. The fraction of sp³-hybridized carbons (Fsp3) is 0.750. The van der Waals surface area contributed by atoms with Crippen molar-refractivity contribution in [2.45, 2.75) is 45.8 Å². The summed E-state index contributed by atoms with van der Waals surface area (Å²) in [6, 6.07) is 1.26. The number of rotatable bonds is 4. The zero-order valence-corrected chi connectivity index (χ0v) is 11.2. The summed E-state index contributed by atoms with van der Waals surface area (Å²) in [4.78, 5) is 8.23. The third kappa shape index (κ3) is 3.27. The summed E-state index contributed by atoms with van der Waals surface area (Å²) in [5.74, 6) is 0. The highest BCUT2D eigenvalue weighted by molar-refractivity contribution is 7.11. The minimum atomic E-state index is 0.590. The van der Waals surface area contributed by atoms with Gasteiger partial charge >= 0.3 is 0 Å². The van der Waals surface area contributed by atoms with E-state index in [2.05, 4.69) is 36.0 Å². The highest BCUT2D eigenvalue weighted by Crippen LogP contribution is 2.17. The molecule has 0 saturated carbocycles. The highest BCUT2D eigenvalue weighted by atomic mass is 32.1. The summed E-state index contributed by atoms with van der Waals surface area (Å²) in [6.07, 6.45) is 3.24. The summed E-state index contributed by atoms with van der Waals surface area (Å²) < 4.78 is 0. The molecule has 0 amide bonds. The molecule has 1 aromatic heterocycles. The Morgan fingerprint density at radius 3 is 3.06 bits per heavy atom. The fourth-order valence-electron chi connectivity index (χ4n) is 2.25. The van der Waals surface area contributed by atoms with Crippen molar-refractivity contribution >= 4 is 11.3 Å². The zero-order chi connectivity index (χ0) is 11.5. The van der Waals surface area contributed by atoms with Crippen LogP contribution in [0, 0.1) is 6.92 Å². The molecular weight excluding hydrogens is 218 g/mol. The molecule has 1 unspecified atom stereocenters. The largest absolute Gasteiger partial charge is 0.310 e. The molecule has 2 rings (SSSR count). The van der Waals surface area contributed by atoms with Crippen LogP contribution in [0.4, 0.5) is 0 Å². The van der Waals surface area contributed by atoms with E-state index in [1.54, 1.807) is 0 Å². The summed E-state index contributed by atoms with van der Waals surface area (Å²) in [5, 5.41) is 4.86. The van der Waals surface area contributed by atoms with E-state index in [-0.39, 0.29) is 0 Å².